The third-order valence-corrected chi connectivity index (χ3v) is 4.98. The quantitative estimate of drug-likeness (QED) is 0.874. The summed E-state index contributed by atoms with van der Waals surface area (Å²) in [5, 5.41) is 10.00. The second-order valence-corrected chi connectivity index (χ2v) is 7.83. The average Bonchev–Trinajstić information content (AvgIpc) is 2.94. The Balaban J connectivity index is 2.07. The van der Waals surface area contributed by atoms with Crippen LogP contribution in [0.4, 0.5) is 18.9 Å². The molecule has 0 saturated carbocycles. The number of anilines is 1. The third-order valence-electron chi connectivity index (χ3n) is 3.85. The second-order valence-electron chi connectivity index (χ2n) is 5.82. The Morgan fingerprint density at radius 3 is 2.31 bits per heavy atom. The predicted octanol–water partition coefficient (Wildman–Crippen LogP) is 2.00. The number of hydrogen-bond donors (Lipinski definition) is 1. The minimum Gasteiger partial charge on any atom is -0.361 e. The fraction of sp³-hybridized carbons (Fsp3) is 0.250. The molecule has 1 aromatic carbocycles. The van der Waals surface area contributed by atoms with Gasteiger partial charge in [-0.2, -0.15) is 13.2 Å². The first kappa shape index (κ1) is 18.3. The zero-order chi connectivity index (χ0) is 19.2. The average molecular weight is 385 g/mol. The van der Waals surface area contributed by atoms with Crippen LogP contribution in [0.25, 0.3) is 0 Å². The summed E-state index contributed by atoms with van der Waals surface area (Å²) >= 11 is 0. The third kappa shape index (κ3) is 3.29. The van der Waals surface area contributed by atoms with Crippen molar-refractivity contribution in [2.24, 2.45) is 4.99 Å². The number of aromatic nitrogens is 1. The molecule has 0 bridgehead atoms. The Hall–Kier alpha value is -2.46. The summed E-state index contributed by atoms with van der Waals surface area (Å²) in [7, 11) is -3.45. The molecule has 1 unspecified atom stereocenters. The van der Waals surface area contributed by atoms with Crippen molar-refractivity contribution in [2.75, 3.05) is 17.7 Å². The molecule has 1 N–H and O–H groups in total. The molecule has 2 aromatic rings. The van der Waals surface area contributed by atoms with Crippen molar-refractivity contribution in [1.29, 1.82) is 0 Å². The molecule has 10 heteroatoms. The van der Waals surface area contributed by atoms with E-state index < -0.39 is 28.3 Å². The molecule has 0 fully saturated rings. The van der Waals surface area contributed by atoms with E-state index in [1.807, 2.05) is 0 Å². The van der Waals surface area contributed by atoms with Gasteiger partial charge in [0.2, 0.25) is 0 Å². The first-order chi connectivity index (χ1) is 12.0. The highest BCUT2D eigenvalue weighted by Gasteiger charge is 2.59. The van der Waals surface area contributed by atoms with Crippen LogP contribution in [0.3, 0.4) is 0 Å². The lowest BCUT2D eigenvalue weighted by Gasteiger charge is -2.25. The molecule has 1 atom stereocenters. The summed E-state index contributed by atoms with van der Waals surface area (Å²) in [5.41, 5.74) is -2.88. The monoisotopic (exact) mass is 385 g/mol. The lowest BCUT2D eigenvalue weighted by Crippen LogP contribution is -2.47. The molecule has 6 nitrogen and oxygen atoms in total. The van der Waals surface area contributed by atoms with Crippen molar-refractivity contribution >= 4 is 21.4 Å². The van der Waals surface area contributed by atoms with Crippen LogP contribution in [0.15, 0.2) is 58.5 Å². The van der Waals surface area contributed by atoms with Gasteiger partial charge < -0.3 is 10.0 Å². The maximum Gasteiger partial charge on any atom is 0.440 e. The molecule has 0 saturated heterocycles. The molecule has 0 amide bonds. The van der Waals surface area contributed by atoms with Crippen molar-refractivity contribution in [1.82, 2.24) is 4.98 Å². The summed E-state index contributed by atoms with van der Waals surface area (Å²) in [5.74, 6) is -0.155. The number of aliphatic imine (C=N–C) groups is 1. The molecule has 26 heavy (non-hydrogen) atoms. The molecule has 2 heterocycles. The van der Waals surface area contributed by atoms with Crippen LogP contribution in [-0.4, -0.2) is 49.0 Å². The van der Waals surface area contributed by atoms with Crippen molar-refractivity contribution < 1.29 is 26.7 Å². The summed E-state index contributed by atoms with van der Waals surface area (Å²) in [6, 6.07) is 9.94. The van der Waals surface area contributed by atoms with E-state index in [1.165, 1.54) is 36.5 Å². The van der Waals surface area contributed by atoms with E-state index in [0.717, 1.165) is 11.2 Å². The number of sulfone groups is 1. The number of benzene rings is 1. The maximum atomic E-state index is 13.3. The van der Waals surface area contributed by atoms with Gasteiger partial charge in [0, 0.05) is 18.1 Å². The highest BCUT2D eigenvalue weighted by Crippen LogP contribution is 2.38. The van der Waals surface area contributed by atoms with E-state index in [2.05, 4.69) is 9.98 Å². The van der Waals surface area contributed by atoms with Crippen LogP contribution >= 0.6 is 0 Å². The van der Waals surface area contributed by atoms with E-state index in [9.17, 15) is 26.7 Å². The van der Waals surface area contributed by atoms with Crippen LogP contribution < -0.4 is 4.90 Å². The lowest BCUT2D eigenvalue weighted by atomic mass is 10.2. The van der Waals surface area contributed by atoms with Crippen molar-refractivity contribution in [2.45, 2.75) is 16.8 Å². The van der Waals surface area contributed by atoms with Gasteiger partial charge in [-0.05, 0) is 36.4 Å². The van der Waals surface area contributed by atoms with Crippen LogP contribution in [0, 0.1) is 0 Å². The van der Waals surface area contributed by atoms with Gasteiger partial charge in [-0.1, -0.05) is 6.07 Å². The van der Waals surface area contributed by atoms with E-state index in [4.69, 9.17) is 0 Å². The lowest BCUT2D eigenvalue weighted by molar-refractivity contribution is -0.249. The summed E-state index contributed by atoms with van der Waals surface area (Å²) < 4.78 is 62.9. The van der Waals surface area contributed by atoms with Gasteiger partial charge >= 0.3 is 6.18 Å². The van der Waals surface area contributed by atoms with Crippen LogP contribution in [0.5, 0.6) is 0 Å². The molecular weight excluding hydrogens is 371 g/mol. The SMILES string of the molecule is CS(=O)(=O)c1ccc(N2CC(O)(C(F)(F)F)N=C2c2ccccn2)cc1. The predicted molar refractivity (Wildman–Crippen MR) is 88.7 cm³/mol. The first-order valence-electron chi connectivity index (χ1n) is 7.39. The standard InChI is InChI=1S/C16H14F3N3O3S/c1-26(24,25)12-7-5-11(6-8-12)22-10-15(23,16(17,18)19)21-14(22)13-4-2-3-9-20-13/h2-9,23H,10H2,1H3. The molecule has 1 aromatic heterocycles. The van der Waals surface area contributed by atoms with Crippen LogP contribution in [0.2, 0.25) is 0 Å². The smallest absolute Gasteiger partial charge is 0.361 e. The summed E-state index contributed by atoms with van der Waals surface area (Å²) in [4.78, 5) is 8.66. The number of nitrogens with zero attached hydrogens (tertiary/aromatic N) is 3. The van der Waals surface area contributed by atoms with Gasteiger partial charge in [-0.25, -0.2) is 13.4 Å². The summed E-state index contributed by atoms with van der Waals surface area (Å²) in [6.07, 6.45) is -2.55. The molecule has 3 rings (SSSR count). The number of amidine groups is 1. The summed E-state index contributed by atoms with van der Waals surface area (Å²) in [6.45, 7) is -0.860. The van der Waals surface area contributed by atoms with Crippen molar-refractivity contribution in [3.63, 3.8) is 0 Å². The van der Waals surface area contributed by atoms with Gasteiger partial charge in [0.25, 0.3) is 5.72 Å². The zero-order valence-corrected chi connectivity index (χ0v) is 14.3. The number of pyridine rings is 1. The number of alkyl halides is 3. The van der Waals surface area contributed by atoms with Crippen molar-refractivity contribution in [3.8, 4) is 0 Å². The normalized spacial score (nSPS) is 21.0. The van der Waals surface area contributed by atoms with Gasteiger partial charge in [0.05, 0.1) is 11.4 Å². The second kappa shape index (κ2) is 6.06. The van der Waals surface area contributed by atoms with Crippen molar-refractivity contribution in [3.05, 3.63) is 54.4 Å². The number of aliphatic hydroxyl groups is 1. The maximum absolute atomic E-state index is 13.3. The largest absolute Gasteiger partial charge is 0.440 e. The van der Waals surface area contributed by atoms with E-state index >= 15 is 0 Å². The van der Waals surface area contributed by atoms with Gasteiger partial charge in [0.1, 0.15) is 5.69 Å². The Labute approximate surface area is 147 Å². The fourth-order valence-electron chi connectivity index (χ4n) is 2.50. The Bertz CT molecular complexity index is 944. The number of β-amino-alcohol motifs (C(OH)–C–C–N with tert-alkyl or cyclic N) is 1. The van der Waals surface area contributed by atoms with Crippen LogP contribution in [-0.2, 0) is 9.84 Å². The molecule has 0 aliphatic carbocycles. The Morgan fingerprint density at radius 2 is 1.81 bits per heavy atom. The van der Waals surface area contributed by atoms with E-state index in [0.29, 0.717) is 0 Å². The molecular formula is C16H14F3N3O3S. The minimum atomic E-state index is -4.98. The fourth-order valence-corrected chi connectivity index (χ4v) is 3.13. The Morgan fingerprint density at radius 1 is 1.15 bits per heavy atom. The molecule has 1 aliphatic heterocycles. The first-order valence-corrected chi connectivity index (χ1v) is 9.28. The van der Waals surface area contributed by atoms with E-state index in [-0.39, 0.29) is 22.1 Å². The topological polar surface area (TPSA) is 82.9 Å². The molecule has 138 valence electrons. The number of hydrogen-bond acceptors (Lipinski definition) is 6. The zero-order valence-electron chi connectivity index (χ0n) is 13.5. The van der Waals surface area contributed by atoms with E-state index in [1.54, 1.807) is 12.1 Å². The number of halogens is 3. The number of rotatable bonds is 3. The molecule has 1 aliphatic rings. The highest BCUT2D eigenvalue weighted by molar-refractivity contribution is 7.90. The molecule has 0 spiro atoms. The Kier molecular flexibility index (Phi) is 4.27. The van der Waals surface area contributed by atoms with Gasteiger partial charge in [0.15, 0.2) is 15.7 Å². The molecule has 0 radical (unpaired) electrons. The van der Waals surface area contributed by atoms with Gasteiger partial charge in [-0.15, -0.1) is 0 Å². The minimum absolute atomic E-state index is 0.0304. The van der Waals surface area contributed by atoms with Crippen LogP contribution in [0.1, 0.15) is 5.69 Å². The highest BCUT2D eigenvalue weighted by atomic mass is 32.2. The van der Waals surface area contributed by atoms with Gasteiger partial charge in [-0.3, -0.25) is 4.98 Å².